The minimum Gasteiger partial charge on any atom is -0.494 e. The van der Waals surface area contributed by atoms with Crippen LogP contribution in [0.5, 0.6) is 5.75 Å². The SMILES string of the molecule is CC.CC.CC=NC(=N)c1cccc(Nc2cc(NC(=C/C)/N=C\C)ncc2C(=O)C2CC2)c1OC. The van der Waals surface area contributed by atoms with E-state index in [4.69, 9.17) is 10.1 Å². The van der Waals surface area contributed by atoms with E-state index in [-0.39, 0.29) is 17.5 Å². The number of anilines is 3. The first-order valence-electron chi connectivity index (χ1n) is 12.5. The quantitative estimate of drug-likeness (QED) is 0.194. The van der Waals surface area contributed by atoms with Crippen LogP contribution in [0.25, 0.3) is 0 Å². The lowest BCUT2D eigenvalue weighted by molar-refractivity contribution is 0.0968. The Hall–Kier alpha value is -3.81. The maximum Gasteiger partial charge on any atom is 0.169 e. The van der Waals surface area contributed by atoms with Gasteiger partial charge in [0.1, 0.15) is 11.6 Å². The zero-order chi connectivity index (χ0) is 27.1. The second-order valence-electron chi connectivity index (χ2n) is 7.19. The van der Waals surface area contributed by atoms with Gasteiger partial charge < -0.3 is 15.4 Å². The van der Waals surface area contributed by atoms with Crippen molar-refractivity contribution in [1.82, 2.24) is 4.98 Å². The molecule has 3 rings (SSSR count). The predicted molar refractivity (Wildman–Crippen MR) is 153 cm³/mol. The molecule has 2 aromatic rings. The predicted octanol–water partition coefficient (Wildman–Crippen LogP) is 7.26. The average molecular weight is 493 g/mol. The van der Waals surface area contributed by atoms with Gasteiger partial charge in [-0.25, -0.2) is 15.0 Å². The zero-order valence-corrected chi connectivity index (χ0v) is 22.8. The number of aromatic nitrogens is 1. The molecule has 0 radical (unpaired) electrons. The number of hydrogen-bond acceptors (Lipinski definition) is 7. The van der Waals surface area contributed by atoms with E-state index in [1.54, 1.807) is 44.8 Å². The van der Waals surface area contributed by atoms with Crippen molar-refractivity contribution >= 4 is 41.2 Å². The fourth-order valence-electron chi connectivity index (χ4n) is 3.22. The summed E-state index contributed by atoms with van der Waals surface area (Å²) in [6.07, 6.45) is 8.48. The van der Waals surface area contributed by atoms with Gasteiger partial charge in [0.25, 0.3) is 0 Å². The molecular weight excluding hydrogens is 452 g/mol. The van der Waals surface area contributed by atoms with Crippen LogP contribution < -0.4 is 15.4 Å². The van der Waals surface area contributed by atoms with Crippen molar-refractivity contribution in [2.45, 2.75) is 61.3 Å². The first-order chi connectivity index (χ1) is 17.5. The van der Waals surface area contributed by atoms with Crippen molar-refractivity contribution < 1.29 is 9.53 Å². The van der Waals surface area contributed by atoms with Gasteiger partial charge in [0.05, 0.1) is 29.6 Å². The van der Waals surface area contributed by atoms with Crippen LogP contribution in [0, 0.1) is 11.3 Å². The Balaban J connectivity index is 0.00000154. The van der Waals surface area contributed by atoms with Gasteiger partial charge in [-0.15, -0.1) is 0 Å². The number of para-hydroxylation sites is 1. The molecule has 8 heteroatoms. The number of nitrogens with one attached hydrogen (secondary N) is 3. The van der Waals surface area contributed by atoms with Crippen LogP contribution >= 0.6 is 0 Å². The van der Waals surface area contributed by atoms with Gasteiger partial charge >= 0.3 is 0 Å². The number of aliphatic imine (C=N–C) groups is 2. The van der Waals surface area contributed by atoms with Crippen LogP contribution in [-0.4, -0.2) is 36.1 Å². The molecule has 36 heavy (non-hydrogen) atoms. The number of Topliss-reactive ketones (excluding diaryl/α,β-unsaturated/α-hetero) is 1. The molecule has 1 saturated carbocycles. The third-order valence-electron chi connectivity index (χ3n) is 4.92. The van der Waals surface area contributed by atoms with Crippen molar-refractivity contribution in [3.05, 3.63) is 53.5 Å². The van der Waals surface area contributed by atoms with E-state index in [1.807, 2.05) is 59.8 Å². The van der Waals surface area contributed by atoms with Crippen LogP contribution in [0.3, 0.4) is 0 Å². The third kappa shape index (κ3) is 8.15. The number of rotatable bonds is 9. The van der Waals surface area contributed by atoms with E-state index in [0.29, 0.717) is 39.9 Å². The molecule has 194 valence electrons. The highest BCUT2D eigenvalue weighted by atomic mass is 16.5. The largest absolute Gasteiger partial charge is 0.494 e. The van der Waals surface area contributed by atoms with Gasteiger partial charge in [-0.2, -0.15) is 0 Å². The number of carbonyl (C=O) groups is 1. The number of hydrogen-bond donors (Lipinski definition) is 3. The van der Waals surface area contributed by atoms with Crippen molar-refractivity contribution in [3.63, 3.8) is 0 Å². The molecule has 1 heterocycles. The highest BCUT2D eigenvalue weighted by Crippen LogP contribution is 2.38. The number of allylic oxidation sites excluding steroid dienone is 1. The van der Waals surface area contributed by atoms with Crippen LogP contribution in [0.15, 0.2) is 52.3 Å². The van der Waals surface area contributed by atoms with E-state index in [0.717, 1.165) is 12.8 Å². The summed E-state index contributed by atoms with van der Waals surface area (Å²) in [5.74, 6) is 1.89. The molecule has 3 N–H and O–H groups in total. The Labute approximate surface area is 215 Å². The molecule has 0 atom stereocenters. The first kappa shape index (κ1) is 30.2. The molecule has 0 aliphatic heterocycles. The third-order valence-corrected chi connectivity index (χ3v) is 4.92. The molecule has 8 nitrogen and oxygen atoms in total. The number of carbonyl (C=O) groups excluding carboxylic acids is 1. The highest BCUT2D eigenvalue weighted by molar-refractivity contribution is 6.06. The molecule has 0 bridgehead atoms. The maximum absolute atomic E-state index is 12.9. The normalized spacial score (nSPS) is 12.8. The van der Waals surface area contributed by atoms with Crippen molar-refractivity contribution in [3.8, 4) is 5.75 Å². The Bertz CT molecular complexity index is 1100. The number of pyridine rings is 1. The summed E-state index contributed by atoms with van der Waals surface area (Å²) in [5.41, 5.74) is 2.30. The van der Waals surface area contributed by atoms with Gasteiger partial charge in [-0.3, -0.25) is 10.2 Å². The second kappa shape index (κ2) is 16.0. The first-order valence-corrected chi connectivity index (χ1v) is 12.5. The highest BCUT2D eigenvalue weighted by Gasteiger charge is 2.32. The van der Waals surface area contributed by atoms with Gasteiger partial charge in [-0.05, 0) is 51.8 Å². The van der Waals surface area contributed by atoms with E-state index in [9.17, 15) is 4.79 Å². The molecule has 0 saturated heterocycles. The number of benzene rings is 1. The fraction of sp³-hybridized carbons (Fsp3) is 0.393. The molecule has 0 unspecified atom stereocenters. The van der Waals surface area contributed by atoms with E-state index < -0.39 is 0 Å². The van der Waals surface area contributed by atoms with Crippen molar-refractivity contribution in [2.75, 3.05) is 17.7 Å². The van der Waals surface area contributed by atoms with Crippen molar-refractivity contribution in [1.29, 1.82) is 5.41 Å². The van der Waals surface area contributed by atoms with Gasteiger partial charge in [-0.1, -0.05) is 33.8 Å². The lowest BCUT2D eigenvalue weighted by Crippen LogP contribution is -2.10. The maximum atomic E-state index is 12.9. The number of ether oxygens (including phenoxy) is 1. The molecular formula is C28H40N6O2. The molecule has 0 amide bonds. The monoisotopic (exact) mass is 492 g/mol. The minimum atomic E-state index is 0.0484. The van der Waals surface area contributed by atoms with Crippen LogP contribution in [0.2, 0.25) is 0 Å². The second-order valence-corrected chi connectivity index (χ2v) is 7.19. The van der Waals surface area contributed by atoms with E-state index in [2.05, 4.69) is 25.6 Å². The molecule has 1 aliphatic carbocycles. The summed E-state index contributed by atoms with van der Waals surface area (Å²) in [7, 11) is 1.55. The van der Waals surface area contributed by atoms with Gasteiger partial charge in [0.2, 0.25) is 0 Å². The van der Waals surface area contributed by atoms with Gasteiger partial charge in [0, 0.05) is 30.6 Å². The molecule has 1 fully saturated rings. The summed E-state index contributed by atoms with van der Waals surface area (Å²) in [6.45, 7) is 13.5. The minimum absolute atomic E-state index is 0.0484. The van der Waals surface area contributed by atoms with E-state index >= 15 is 0 Å². The molecule has 1 aromatic heterocycles. The molecule has 1 aliphatic rings. The summed E-state index contributed by atoms with van der Waals surface area (Å²) in [5, 5.41) is 14.7. The van der Waals surface area contributed by atoms with Crippen LogP contribution in [0.1, 0.15) is 77.2 Å². The van der Waals surface area contributed by atoms with Crippen LogP contribution in [0.4, 0.5) is 17.2 Å². The standard InChI is InChI=1S/C24H28N6O2.2C2H6/c1-5-20(26-6-2)30-21-13-19(17(14-28-21)22(31)15-11-12-15)29-18-10-8-9-16(23(18)32-4)24(25)27-7-3;2*1-2/h5-10,13-15,25H,11-12H2,1-4H3,(H2,28,29,30);2*1-2H3/b20-5+,25-24?,26-6-,27-7?;;. The Morgan fingerprint density at radius 1 is 1.06 bits per heavy atom. The van der Waals surface area contributed by atoms with Gasteiger partial charge in [0.15, 0.2) is 17.4 Å². The number of nitrogens with zero attached hydrogens (tertiary/aromatic N) is 3. The topological polar surface area (TPSA) is 112 Å². The zero-order valence-electron chi connectivity index (χ0n) is 22.8. The molecule has 1 aromatic carbocycles. The summed E-state index contributed by atoms with van der Waals surface area (Å²) in [6, 6.07) is 7.21. The smallest absolute Gasteiger partial charge is 0.169 e. The Morgan fingerprint density at radius 3 is 2.28 bits per heavy atom. The van der Waals surface area contributed by atoms with Crippen LogP contribution in [-0.2, 0) is 0 Å². The lowest BCUT2D eigenvalue weighted by atomic mass is 10.1. The fourth-order valence-corrected chi connectivity index (χ4v) is 3.22. The number of amidine groups is 1. The van der Waals surface area contributed by atoms with Crippen molar-refractivity contribution in [2.24, 2.45) is 15.9 Å². The number of ketones is 1. The molecule has 0 spiro atoms. The Kier molecular flexibility index (Phi) is 13.4. The summed E-state index contributed by atoms with van der Waals surface area (Å²) in [4.78, 5) is 25.7. The Morgan fingerprint density at radius 2 is 1.72 bits per heavy atom. The van der Waals surface area contributed by atoms with E-state index in [1.165, 1.54) is 0 Å². The lowest BCUT2D eigenvalue weighted by Gasteiger charge is -2.17. The average Bonchev–Trinajstić information content (AvgIpc) is 3.76. The summed E-state index contributed by atoms with van der Waals surface area (Å²) < 4.78 is 5.60. The number of methoxy groups -OCH3 is 1. The summed E-state index contributed by atoms with van der Waals surface area (Å²) >= 11 is 0.